The van der Waals surface area contributed by atoms with Gasteiger partial charge in [0, 0.05) is 17.3 Å². The van der Waals surface area contributed by atoms with Crippen LogP contribution in [0.25, 0.3) is 0 Å². The summed E-state index contributed by atoms with van der Waals surface area (Å²) in [6.45, 7) is 13.1. The van der Waals surface area contributed by atoms with Gasteiger partial charge in [0.05, 0.1) is 13.2 Å². The Morgan fingerprint density at radius 3 is 2.52 bits per heavy atom. The molecular formula is C21H32O2. The molecule has 0 aromatic heterocycles. The van der Waals surface area contributed by atoms with E-state index in [0.29, 0.717) is 5.92 Å². The fourth-order valence-electron chi connectivity index (χ4n) is 6.73. The van der Waals surface area contributed by atoms with E-state index in [1.54, 1.807) is 5.57 Å². The van der Waals surface area contributed by atoms with Crippen LogP contribution in [0.1, 0.15) is 65.7 Å². The molecule has 4 aliphatic rings. The number of hydrogen-bond acceptors (Lipinski definition) is 2. The Morgan fingerprint density at radius 2 is 1.83 bits per heavy atom. The Labute approximate surface area is 141 Å². The van der Waals surface area contributed by atoms with Gasteiger partial charge in [0.15, 0.2) is 5.79 Å². The number of fused-ring (bicyclic) bond motifs is 3. The molecule has 128 valence electrons. The van der Waals surface area contributed by atoms with Crippen LogP contribution in [-0.2, 0) is 9.47 Å². The van der Waals surface area contributed by atoms with Crippen molar-refractivity contribution in [2.45, 2.75) is 71.5 Å². The third-order valence-corrected chi connectivity index (χ3v) is 7.95. The average Bonchev–Trinajstić information content (AvgIpc) is 3.03. The molecule has 2 heteroatoms. The number of ether oxygens (including phenoxy) is 2. The predicted molar refractivity (Wildman–Crippen MR) is 93.0 cm³/mol. The van der Waals surface area contributed by atoms with E-state index in [9.17, 15) is 0 Å². The van der Waals surface area contributed by atoms with Crippen LogP contribution in [-0.4, -0.2) is 19.0 Å². The van der Waals surface area contributed by atoms with E-state index in [0.717, 1.165) is 19.6 Å². The zero-order chi connectivity index (χ0) is 16.3. The molecule has 0 aromatic rings. The smallest absolute Gasteiger partial charge is 0.173 e. The molecule has 3 fully saturated rings. The molecule has 0 radical (unpaired) electrons. The maximum absolute atomic E-state index is 6.22. The minimum atomic E-state index is -0.347. The van der Waals surface area contributed by atoms with Crippen LogP contribution in [0.3, 0.4) is 0 Å². The predicted octanol–water partition coefficient (Wildman–Crippen LogP) is 5.25. The van der Waals surface area contributed by atoms with Crippen molar-refractivity contribution in [1.29, 1.82) is 0 Å². The first-order valence-electron chi connectivity index (χ1n) is 9.53. The van der Waals surface area contributed by atoms with Gasteiger partial charge in [0.1, 0.15) is 0 Å². The van der Waals surface area contributed by atoms with Crippen LogP contribution in [0.4, 0.5) is 0 Å². The fourth-order valence-corrected chi connectivity index (χ4v) is 6.73. The molecule has 0 bridgehead atoms. The Balaban J connectivity index is 1.78. The highest BCUT2D eigenvalue weighted by molar-refractivity contribution is 5.35. The van der Waals surface area contributed by atoms with Gasteiger partial charge < -0.3 is 9.47 Å². The summed E-state index contributed by atoms with van der Waals surface area (Å²) < 4.78 is 12.4. The van der Waals surface area contributed by atoms with Crippen molar-refractivity contribution in [2.75, 3.05) is 13.2 Å². The van der Waals surface area contributed by atoms with E-state index < -0.39 is 0 Å². The summed E-state index contributed by atoms with van der Waals surface area (Å²) in [6.07, 6.45) is 13.4. The summed E-state index contributed by atoms with van der Waals surface area (Å²) in [5.41, 5.74) is 2.30. The Kier molecular flexibility index (Phi) is 3.42. The van der Waals surface area contributed by atoms with E-state index >= 15 is 0 Å². The van der Waals surface area contributed by atoms with E-state index in [2.05, 4.69) is 39.5 Å². The molecule has 3 atom stereocenters. The summed E-state index contributed by atoms with van der Waals surface area (Å²) >= 11 is 0. The van der Waals surface area contributed by atoms with Crippen molar-refractivity contribution in [3.8, 4) is 0 Å². The van der Waals surface area contributed by atoms with Crippen molar-refractivity contribution >= 4 is 0 Å². The quantitative estimate of drug-likeness (QED) is 0.615. The SMILES string of the molecule is C=C[C@]12CCCC=C1[C@@]1(C)CCC3(OCCO3)C(C)(C)C1CC2. The minimum absolute atomic E-state index is 0.0577. The number of rotatable bonds is 1. The molecule has 1 spiro atoms. The Bertz CT molecular complexity index is 540. The number of hydrogen-bond donors (Lipinski definition) is 0. The summed E-state index contributed by atoms with van der Waals surface area (Å²) in [4.78, 5) is 0. The standard InChI is InChI=1S/C21H32O2/c1-5-20-10-7-6-8-17(20)19(4)12-13-21(22-14-15-23-21)18(2,3)16(19)9-11-20/h5,8,16H,1,6-7,9-15H2,2-4H3/t16?,19-,20+/m0/s1. The summed E-state index contributed by atoms with van der Waals surface area (Å²) in [5, 5.41) is 0. The minimum Gasteiger partial charge on any atom is -0.347 e. The first-order chi connectivity index (χ1) is 10.9. The molecule has 0 N–H and O–H groups in total. The zero-order valence-electron chi connectivity index (χ0n) is 15.1. The maximum Gasteiger partial charge on any atom is 0.173 e. The highest BCUT2D eigenvalue weighted by Crippen LogP contribution is 2.69. The van der Waals surface area contributed by atoms with Crippen LogP contribution < -0.4 is 0 Å². The van der Waals surface area contributed by atoms with Gasteiger partial charge in [-0.3, -0.25) is 0 Å². The van der Waals surface area contributed by atoms with Crippen molar-refractivity contribution in [3.05, 3.63) is 24.3 Å². The third kappa shape index (κ3) is 1.88. The third-order valence-electron chi connectivity index (χ3n) is 7.95. The molecule has 4 rings (SSSR count). The van der Waals surface area contributed by atoms with Crippen LogP contribution in [0.15, 0.2) is 24.3 Å². The average molecular weight is 316 g/mol. The van der Waals surface area contributed by atoms with Crippen LogP contribution in [0, 0.1) is 22.2 Å². The van der Waals surface area contributed by atoms with Crippen LogP contribution in [0.5, 0.6) is 0 Å². The second-order valence-electron chi connectivity index (χ2n) is 9.05. The second-order valence-corrected chi connectivity index (χ2v) is 9.05. The number of allylic oxidation sites excluding steroid dienone is 3. The van der Waals surface area contributed by atoms with Gasteiger partial charge in [-0.25, -0.2) is 0 Å². The van der Waals surface area contributed by atoms with Gasteiger partial charge in [-0.2, -0.15) is 0 Å². The van der Waals surface area contributed by atoms with Gasteiger partial charge >= 0.3 is 0 Å². The molecule has 1 unspecified atom stereocenters. The molecule has 1 saturated heterocycles. The fraction of sp³-hybridized carbons (Fsp3) is 0.810. The van der Waals surface area contributed by atoms with Gasteiger partial charge in [-0.1, -0.05) is 38.5 Å². The lowest BCUT2D eigenvalue weighted by molar-refractivity contribution is -0.284. The first kappa shape index (κ1) is 15.9. The topological polar surface area (TPSA) is 18.5 Å². The molecule has 3 aliphatic carbocycles. The van der Waals surface area contributed by atoms with E-state index in [1.807, 2.05) is 0 Å². The molecule has 0 aromatic carbocycles. The Morgan fingerprint density at radius 1 is 1.09 bits per heavy atom. The summed E-state index contributed by atoms with van der Waals surface area (Å²) in [5.74, 6) is 0.278. The van der Waals surface area contributed by atoms with E-state index in [1.165, 1.54) is 38.5 Å². The highest BCUT2D eigenvalue weighted by atomic mass is 16.7. The summed E-state index contributed by atoms with van der Waals surface area (Å²) in [7, 11) is 0. The zero-order valence-corrected chi connectivity index (χ0v) is 15.1. The van der Waals surface area contributed by atoms with Crippen molar-refractivity contribution in [1.82, 2.24) is 0 Å². The lowest BCUT2D eigenvalue weighted by Gasteiger charge is -2.64. The van der Waals surface area contributed by atoms with Crippen molar-refractivity contribution in [2.24, 2.45) is 22.2 Å². The van der Waals surface area contributed by atoms with Gasteiger partial charge in [0.2, 0.25) is 0 Å². The van der Waals surface area contributed by atoms with Crippen molar-refractivity contribution < 1.29 is 9.47 Å². The normalized spacial score (nSPS) is 44.3. The first-order valence-corrected chi connectivity index (χ1v) is 9.53. The molecular weight excluding hydrogens is 284 g/mol. The van der Waals surface area contributed by atoms with Crippen molar-refractivity contribution in [3.63, 3.8) is 0 Å². The lowest BCUT2D eigenvalue weighted by Crippen LogP contribution is -2.61. The maximum atomic E-state index is 6.22. The Hall–Kier alpha value is -0.600. The van der Waals surface area contributed by atoms with Gasteiger partial charge in [0.25, 0.3) is 0 Å². The highest BCUT2D eigenvalue weighted by Gasteiger charge is 2.65. The van der Waals surface area contributed by atoms with E-state index in [-0.39, 0.29) is 22.0 Å². The molecule has 23 heavy (non-hydrogen) atoms. The molecule has 1 aliphatic heterocycles. The van der Waals surface area contributed by atoms with Gasteiger partial charge in [-0.05, 0) is 49.9 Å². The van der Waals surface area contributed by atoms with Gasteiger partial charge in [-0.15, -0.1) is 6.58 Å². The largest absolute Gasteiger partial charge is 0.347 e. The lowest BCUT2D eigenvalue weighted by atomic mass is 9.43. The second kappa shape index (κ2) is 4.95. The van der Waals surface area contributed by atoms with E-state index in [4.69, 9.17) is 9.47 Å². The monoisotopic (exact) mass is 316 g/mol. The van der Waals surface area contributed by atoms with Crippen LogP contribution >= 0.6 is 0 Å². The molecule has 0 amide bonds. The van der Waals surface area contributed by atoms with Crippen LogP contribution in [0.2, 0.25) is 0 Å². The molecule has 2 saturated carbocycles. The molecule has 1 heterocycles. The summed E-state index contributed by atoms with van der Waals surface area (Å²) in [6, 6.07) is 0. The molecule has 2 nitrogen and oxygen atoms in total.